The minimum Gasteiger partial charge on any atom is -0.492 e. The first-order valence-electron chi connectivity index (χ1n) is 9.26. The minimum atomic E-state index is -4.38. The molecule has 0 atom stereocenters. The standard InChI is InChI=1S/C21H23F3N2O2/c22-21(23,24)18-6-4-5-17(15-18)16-26-12-11-25(10-9-20(26)27)13-14-28-19-7-2-1-3-8-19/h1-8,15H,9-14,16H2. The molecule has 0 radical (unpaired) electrons. The lowest BCUT2D eigenvalue weighted by Crippen LogP contribution is -2.34. The van der Waals surface area contributed by atoms with E-state index in [4.69, 9.17) is 4.74 Å². The van der Waals surface area contributed by atoms with Gasteiger partial charge in [-0.25, -0.2) is 0 Å². The summed E-state index contributed by atoms with van der Waals surface area (Å²) in [6, 6.07) is 14.7. The molecule has 0 unspecified atom stereocenters. The fourth-order valence-corrected chi connectivity index (χ4v) is 3.18. The molecule has 1 heterocycles. The molecule has 1 aliphatic rings. The van der Waals surface area contributed by atoms with Crippen LogP contribution in [0.5, 0.6) is 5.75 Å². The SMILES string of the molecule is O=C1CCN(CCOc2ccccc2)CCN1Cc1cccc(C(F)(F)F)c1. The number of rotatable bonds is 6. The van der Waals surface area contributed by atoms with Crippen molar-refractivity contribution in [3.8, 4) is 5.75 Å². The summed E-state index contributed by atoms with van der Waals surface area (Å²) in [5.41, 5.74) is -0.198. The van der Waals surface area contributed by atoms with Gasteiger partial charge < -0.3 is 9.64 Å². The number of nitrogens with zero attached hydrogens (tertiary/aromatic N) is 2. The molecule has 28 heavy (non-hydrogen) atoms. The van der Waals surface area contributed by atoms with Crippen LogP contribution in [-0.2, 0) is 17.5 Å². The van der Waals surface area contributed by atoms with E-state index in [2.05, 4.69) is 4.90 Å². The van der Waals surface area contributed by atoms with Gasteiger partial charge in [-0.1, -0.05) is 30.3 Å². The number of ether oxygens (including phenoxy) is 1. The van der Waals surface area contributed by atoms with Crippen LogP contribution in [0, 0.1) is 0 Å². The van der Waals surface area contributed by atoms with Crippen molar-refractivity contribution in [2.24, 2.45) is 0 Å². The quantitative estimate of drug-likeness (QED) is 0.749. The summed E-state index contributed by atoms with van der Waals surface area (Å²) in [4.78, 5) is 16.2. The molecule has 1 aliphatic heterocycles. The summed E-state index contributed by atoms with van der Waals surface area (Å²) < 4.78 is 44.3. The first-order valence-corrected chi connectivity index (χ1v) is 9.26. The Bertz CT molecular complexity index is 781. The summed E-state index contributed by atoms with van der Waals surface area (Å²) in [6.45, 7) is 3.18. The third kappa shape index (κ3) is 5.73. The van der Waals surface area contributed by atoms with Gasteiger partial charge >= 0.3 is 6.18 Å². The van der Waals surface area contributed by atoms with E-state index < -0.39 is 11.7 Å². The van der Waals surface area contributed by atoms with Crippen LogP contribution in [-0.4, -0.2) is 48.5 Å². The lowest BCUT2D eigenvalue weighted by molar-refractivity contribution is -0.137. The number of amides is 1. The van der Waals surface area contributed by atoms with Crippen LogP contribution < -0.4 is 4.74 Å². The van der Waals surface area contributed by atoms with Crippen LogP contribution in [0.25, 0.3) is 0 Å². The Balaban J connectivity index is 1.52. The Kier molecular flexibility index (Phi) is 6.57. The van der Waals surface area contributed by atoms with Crippen molar-refractivity contribution in [1.82, 2.24) is 9.80 Å². The fraction of sp³-hybridized carbons (Fsp3) is 0.381. The van der Waals surface area contributed by atoms with Gasteiger partial charge in [-0.05, 0) is 29.8 Å². The molecule has 1 amide bonds. The zero-order chi connectivity index (χ0) is 20.0. The van der Waals surface area contributed by atoms with Crippen LogP contribution in [0.3, 0.4) is 0 Å². The van der Waals surface area contributed by atoms with Gasteiger partial charge in [-0.2, -0.15) is 13.2 Å². The van der Waals surface area contributed by atoms with Crippen LogP contribution in [0.15, 0.2) is 54.6 Å². The van der Waals surface area contributed by atoms with E-state index in [0.717, 1.165) is 17.9 Å². The summed E-state index contributed by atoms with van der Waals surface area (Å²) in [6.07, 6.45) is -4.03. The van der Waals surface area contributed by atoms with E-state index in [9.17, 15) is 18.0 Å². The van der Waals surface area contributed by atoms with Crippen LogP contribution in [0.4, 0.5) is 13.2 Å². The molecule has 0 spiro atoms. The second-order valence-electron chi connectivity index (χ2n) is 6.77. The number of alkyl halides is 3. The number of carbonyl (C=O) groups is 1. The molecule has 7 heteroatoms. The molecule has 0 aliphatic carbocycles. The fourth-order valence-electron chi connectivity index (χ4n) is 3.18. The molecule has 0 N–H and O–H groups in total. The van der Waals surface area contributed by atoms with Gasteiger partial charge in [0.2, 0.25) is 5.91 Å². The summed E-state index contributed by atoms with van der Waals surface area (Å²) in [7, 11) is 0. The van der Waals surface area contributed by atoms with Gasteiger partial charge in [0.25, 0.3) is 0 Å². The summed E-state index contributed by atoms with van der Waals surface area (Å²) in [5, 5.41) is 0. The van der Waals surface area contributed by atoms with E-state index in [0.29, 0.717) is 44.8 Å². The predicted octanol–water partition coefficient (Wildman–Crippen LogP) is 3.82. The monoisotopic (exact) mass is 392 g/mol. The molecule has 0 bridgehead atoms. The molecule has 2 aromatic rings. The Morgan fingerprint density at radius 1 is 0.964 bits per heavy atom. The molecule has 0 saturated carbocycles. The molecule has 3 rings (SSSR count). The van der Waals surface area contributed by atoms with Crippen molar-refractivity contribution in [3.05, 3.63) is 65.7 Å². The zero-order valence-corrected chi connectivity index (χ0v) is 15.5. The molecule has 1 fully saturated rings. The number of halogens is 3. The summed E-state index contributed by atoms with van der Waals surface area (Å²) >= 11 is 0. The van der Waals surface area contributed by atoms with Gasteiger partial charge in [0.05, 0.1) is 5.56 Å². The number of hydrogen-bond donors (Lipinski definition) is 0. The molecule has 150 valence electrons. The third-order valence-electron chi connectivity index (χ3n) is 4.73. The topological polar surface area (TPSA) is 32.8 Å². The lowest BCUT2D eigenvalue weighted by Gasteiger charge is -2.22. The largest absolute Gasteiger partial charge is 0.492 e. The van der Waals surface area contributed by atoms with E-state index in [-0.39, 0.29) is 12.5 Å². The Hall–Kier alpha value is -2.54. The minimum absolute atomic E-state index is 0.0381. The molecular weight excluding hydrogens is 369 g/mol. The average Bonchev–Trinajstić information content (AvgIpc) is 2.85. The second kappa shape index (κ2) is 9.10. The molecule has 4 nitrogen and oxygen atoms in total. The van der Waals surface area contributed by atoms with Gasteiger partial charge in [-0.15, -0.1) is 0 Å². The third-order valence-corrected chi connectivity index (χ3v) is 4.73. The van der Waals surface area contributed by atoms with Crippen LogP contribution in [0.2, 0.25) is 0 Å². The first-order chi connectivity index (χ1) is 13.4. The van der Waals surface area contributed by atoms with Crippen LogP contribution in [0.1, 0.15) is 17.5 Å². The van der Waals surface area contributed by atoms with E-state index >= 15 is 0 Å². The Morgan fingerprint density at radius 2 is 1.75 bits per heavy atom. The first kappa shape index (κ1) is 20.2. The lowest BCUT2D eigenvalue weighted by atomic mass is 10.1. The molecular formula is C21H23F3N2O2. The molecule has 1 saturated heterocycles. The van der Waals surface area contributed by atoms with Crippen molar-refractivity contribution in [1.29, 1.82) is 0 Å². The number of hydrogen-bond acceptors (Lipinski definition) is 3. The van der Waals surface area contributed by atoms with Crippen molar-refractivity contribution in [3.63, 3.8) is 0 Å². The predicted molar refractivity (Wildman–Crippen MR) is 99.9 cm³/mol. The number of benzene rings is 2. The highest BCUT2D eigenvalue weighted by molar-refractivity contribution is 5.76. The highest BCUT2D eigenvalue weighted by Gasteiger charge is 2.30. The highest BCUT2D eigenvalue weighted by Crippen LogP contribution is 2.29. The smallest absolute Gasteiger partial charge is 0.416 e. The second-order valence-corrected chi connectivity index (χ2v) is 6.77. The number of para-hydroxylation sites is 1. The van der Waals surface area contributed by atoms with E-state index in [1.54, 1.807) is 11.0 Å². The van der Waals surface area contributed by atoms with Gasteiger partial charge in [0.15, 0.2) is 0 Å². The maximum atomic E-state index is 12.9. The molecule has 0 aromatic heterocycles. The van der Waals surface area contributed by atoms with Gasteiger partial charge in [0.1, 0.15) is 12.4 Å². The van der Waals surface area contributed by atoms with E-state index in [1.807, 2.05) is 30.3 Å². The van der Waals surface area contributed by atoms with Gasteiger partial charge in [0, 0.05) is 39.1 Å². The average molecular weight is 392 g/mol. The highest BCUT2D eigenvalue weighted by atomic mass is 19.4. The maximum Gasteiger partial charge on any atom is 0.416 e. The Labute approximate surface area is 162 Å². The van der Waals surface area contributed by atoms with Gasteiger partial charge in [-0.3, -0.25) is 9.69 Å². The number of carbonyl (C=O) groups excluding carboxylic acids is 1. The maximum absolute atomic E-state index is 12.9. The summed E-state index contributed by atoms with van der Waals surface area (Å²) in [5.74, 6) is 0.767. The normalized spacial score (nSPS) is 16.1. The van der Waals surface area contributed by atoms with Crippen molar-refractivity contribution in [2.45, 2.75) is 19.1 Å². The Morgan fingerprint density at radius 3 is 2.50 bits per heavy atom. The van der Waals surface area contributed by atoms with E-state index in [1.165, 1.54) is 6.07 Å². The van der Waals surface area contributed by atoms with Crippen molar-refractivity contribution < 1.29 is 22.7 Å². The van der Waals surface area contributed by atoms with Crippen molar-refractivity contribution in [2.75, 3.05) is 32.8 Å². The zero-order valence-electron chi connectivity index (χ0n) is 15.5. The van der Waals surface area contributed by atoms with Crippen molar-refractivity contribution >= 4 is 5.91 Å². The molecule has 2 aromatic carbocycles. The van der Waals surface area contributed by atoms with Crippen LogP contribution >= 0.6 is 0 Å².